The van der Waals surface area contributed by atoms with Gasteiger partial charge in [-0.3, -0.25) is 4.98 Å². The van der Waals surface area contributed by atoms with Crippen LogP contribution in [0, 0.1) is 12.7 Å². The van der Waals surface area contributed by atoms with Gasteiger partial charge in [0.1, 0.15) is 5.82 Å². The van der Waals surface area contributed by atoms with Crippen LogP contribution in [-0.4, -0.2) is 4.98 Å². The van der Waals surface area contributed by atoms with Crippen molar-refractivity contribution >= 4 is 0 Å². The van der Waals surface area contributed by atoms with Gasteiger partial charge in [0.2, 0.25) is 0 Å². The van der Waals surface area contributed by atoms with E-state index in [1.807, 2.05) is 0 Å². The van der Waals surface area contributed by atoms with E-state index in [-0.39, 0.29) is 5.82 Å². The number of pyridine rings is 1. The van der Waals surface area contributed by atoms with Gasteiger partial charge in [-0.15, -0.1) is 0 Å². The molecule has 0 aliphatic heterocycles. The average molecular weight is 124 g/mol. The van der Waals surface area contributed by atoms with Gasteiger partial charge in [-0.25, -0.2) is 4.39 Å². The maximum Gasteiger partial charge on any atom is 0.141 e. The van der Waals surface area contributed by atoms with Crippen molar-refractivity contribution in [3.05, 3.63) is 36.8 Å². The Labute approximate surface area is 53.5 Å². The molecule has 9 heavy (non-hydrogen) atoms. The van der Waals surface area contributed by atoms with Gasteiger partial charge in [0, 0.05) is 5.69 Å². The predicted octanol–water partition coefficient (Wildman–Crippen LogP) is 1.60. The summed E-state index contributed by atoms with van der Waals surface area (Å²) in [6, 6.07) is 3.01. The van der Waals surface area contributed by atoms with Crippen molar-refractivity contribution < 1.29 is 4.39 Å². The van der Waals surface area contributed by atoms with Crippen molar-refractivity contribution in [2.75, 3.05) is 0 Å². The van der Waals surface area contributed by atoms with Crippen molar-refractivity contribution in [3.8, 4) is 0 Å². The van der Waals surface area contributed by atoms with Crippen LogP contribution in [0.25, 0.3) is 0 Å². The summed E-state index contributed by atoms with van der Waals surface area (Å²) in [5.41, 5.74) is 0.816. The maximum atomic E-state index is 12.1. The first-order chi connectivity index (χ1) is 4.33. The van der Waals surface area contributed by atoms with Gasteiger partial charge in [0.15, 0.2) is 0 Å². The molecule has 47 valence electrons. The van der Waals surface area contributed by atoms with E-state index in [9.17, 15) is 4.39 Å². The molecule has 0 fully saturated rings. The highest BCUT2D eigenvalue weighted by atomic mass is 19.1. The second kappa shape index (κ2) is 2.58. The molecule has 0 saturated carbocycles. The molecule has 0 unspecified atom stereocenters. The van der Waals surface area contributed by atoms with Crippen molar-refractivity contribution in [3.63, 3.8) is 0 Å². The third-order valence-corrected chi connectivity index (χ3v) is 1.04. The van der Waals surface area contributed by atoms with Crippen LogP contribution in [0.5, 0.6) is 0 Å². The zero-order valence-electron chi connectivity index (χ0n) is 4.97. The van der Waals surface area contributed by atoms with Gasteiger partial charge in [0.25, 0.3) is 0 Å². The molecule has 2 heteroatoms. The van der Waals surface area contributed by atoms with Gasteiger partial charge in [-0.1, -0.05) is 0 Å². The summed E-state index contributed by atoms with van der Waals surface area (Å²) in [7, 11) is 0. The van der Waals surface area contributed by atoms with Crippen LogP contribution in [0.1, 0.15) is 5.69 Å². The van der Waals surface area contributed by atoms with Crippen molar-refractivity contribution in [2.24, 2.45) is 0 Å². The Morgan fingerprint density at radius 2 is 2.33 bits per heavy atom. The molecular weight excluding hydrogens is 117 g/mol. The molecule has 0 aromatic carbocycles. The SMILES string of the molecule is [CH2]Cc1ccc(F)cn1. The predicted molar refractivity (Wildman–Crippen MR) is 33.3 cm³/mol. The zero-order chi connectivity index (χ0) is 6.69. The van der Waals surface area contributed by atoms with Crippen molar-refractivity contribution in [2.45, 2.75) is 6.42 Å². The fraction of sp³-hybridized carbons (Fsp3) is 0.143. The van der Waals surface area contributed by atoms with E-state index in [0.717, 1.165) is 5.69 Å². The topological polar surface area (TPSA) is 12.9 Å². The lowest BCUT2D eigenvalue weighted by molar-refractivity contribution is 0.619. The summed E-state index contributed by atoms with van der Waals surface area (Å²) in [4.78, 5) is 3.76. The van der Waals surface area contributed by atoms with E-state index < -0.39 is 0 Å². The van der Waals surface area contributed by atoms with Gasteiger partial charge in [-0.2, -0.15) is 0 Å². The van der Waals surface area contributed by atoms with Crippen LogP contribution < -0.4 is 0 Å². The Balaban J connectivity index is 2.88. The Morgan fingerprint density at radius 1 is 1.56 bits per heavy atom. The highest BCUT2D eigenvalue weighted by Crippen LogP contribution is 1.97. The summed E-state index contributed by atoms with van der Waals surface area (Å²) in [6.07, 6.45) is 1.81. The number of hydrogen-bond donors (Lipinski definition) is 0. The third kappa shape index (κ3) is 1.49. The molecule has 1 nitrogen and oxygen atoms in total. The molecule has 0 aliphatic rings. The van der Waals surface area contributed by atoms with Crippen LogP contribution in [0.4, 0.5) is 4.39 Å². The summed E-state index contributed by atoms with van der Waals surface area (Å²) in [5, 5.41) is 0. The number of hydrogen-bond acceptors (Lipinski definition) is 1. The molecule has 0 saturated heterocycles. The Bertz CT molecular complexity index is 181. The molecule has 1 aromatic rings. The van der Waals surface area contributed by atoms with Crippen molar-refractivity contribution in [1.82, 2.24) is 4.98 Å². The monoisotopic (exact) mass is 124 g/mol. The average Bonchev–Trinajstić information content (AvgIpc) is 1.90. The molecule has 0 bridgehead atoms. The Morgan fingerprint density at radius 3 is 2.78 bits per heavy atom. The number of nitrogens with zero attached hydrogens (tertiary/aromatic N) is 1. The molecular formula is C7H7FN. The van der Waals surface area contributed by atoms with E-state index in [1.54, 1.807) is 6.07 Å². The fourth-order valence-electron chi connectivity index (χ4n) is 0.554. The smallest absolute Gasteiger partial charge is 0.141 e. The number of halogens is 1. The molecule has 1 aromatic heterocycles. The summed E-state index contributed by atoms with van der Waals surface area (Å²) in [6.45, 7) is 3.60. The molecule has 0 aliphatic carbocycles. The van der Waals surface area contributed by atoms with Crippen LogP contribution in [0.3, 0.4) is 0 Å². The second-order valence-electron chi connectivity index (χ2n) is 1.72. The first-order valence-corrected chi connectivity index (χ1v) is 2.72. The largest absolute Gasteiger partial charge is 0.258 e. The lowest BCUT2D eigenvalue weighted by Crippen LogP contribution is -1.85. The highest BCUT2D eigenvalue weighted by molar-refractivity contribution is 5.05. The molecule has 1 heterocycles. The van der Waals surface area contributed by atoms with E-state index in [2.05, 4.69) is 11.9 Å². The molecule has 0 spiro atoms. The van der Waals surface area contributed by atoms with Gasteiger partial charge in [-0.05, 0) is 25.5 Å². The minimum absolute atomic E-state index is 0.299. The van der Waals surface area contributed by atoms with Gasteiger partial charge >= 0.3 is 0 Å². The van der Waals surface area contributed by atoms with Crippen LogP contribution >= 0.6 is 0 Å². The molecule has 0 N–H and O–H groups in total. The normalized spacial score (nSPS) is 9.56. The molecule has 0 amide bonds. The Kier molecular flexibility index (Phi) is 1.78. The van der Waals surface area contributed by atoms with Crippen LogP contribution in [-0.2, 0) is 6.42 Å². The quantitative estimate of drug-likeness (QED) is 0.554. The summed E-state index contributed by atoms with van der Waals surface area (Å²) in [5.74, 6) is -0.299. The minimum atomic E-state index is -0.299. The summed E-state index contributed by atoms with van der Waals surface area (Å²) >= 11 is 0. The van der Waals surface area contributed by atoms with E-state index in [1.165, 1.54) is 12.3 Å². The van der Waals surface area contributed by atoms with Gasteiger partial charge < -0.3 is 0 Å². The molecule has 1 radical (unpaired) electrons. The zero-order valence-corrected chi connectivity index (χ0v) is 4.97. The van der Waals surface area contributed by atoms with Crippen molar-refractivity contribution in [1.29, 1.82) is 0 Å². The van der Waals surface area contributed by atoms with E-state index in [0.29, 0.717) is 6.42 Å². The third-order valence-electron chi connectivity index (χ3n) is 1.04. The maximum absolute atomic E-state index is 12.1. The molecule has 0 atom stereocenters. The van der Waals surface area contributed by atoms with Crippen LogP contribution in [0.2, 0.25) is 0 Å². The second-order valence-corrected chi connectivity index (χ2v) is 1.72. The lowest BCUT2D eigenvalue weighted by atomic mass is 10.3. The highest BCUT2D eigenvalue weighted by Gasteiger charge is 1.89. The van der Waals surface area contributed by atoms with Gasteiger partial charge in [0.05, 0.1) is 6.20 Å². The molecule has 1 rings (SSSR count). The lowest BCUT2D eigenvalue weighted by Gasteiger charge is -1.91. The Hall–Kier alpha value is -0.920. The van der Waals surface area contributed by atoms with E-state index >= 15 is 0 Å². The minimum Gasteiger partial charge on any atom is -0.258 e. The number of rotatable bonds is 1. The first kappa shape index (κ1) is 6.20. The summed E-state index contributed by atoms with van der Waals surface area (Å²) < 4.78 is 12.1. The van der Waals surface area contributed by atoms with Crippen LogP contribution in [0.15, 0.2) is 18.3 Å². The fourth-order valence-corrected chi connectivity index (χ4v) is 0.554. The standard InChI is InChI=1S/C7H7FN/c1-2-7-4-3-6(8)5-9-7/h3-5H,1-2H2. The number of aromatic nitrogens is 1. The van der Waals surface area contributed by atoms with E-state index in [4.69, 9.17) is 0 Å². The first-order valence-electron chi connectivity index (χ1n) is 2.72.